The summed E-state index contributed by atoms with van der Waals surface area (Å²) in [5.74, 6) is -1.52. The van der Waals surface area contributed by atoms with E-state index in [1.165, 1.54) is 18.9 Å². The molecule has 1 aliphatic rings. The number of ether oxygens (including phenoxy) is 1. The van der Waals surface area contributed by atoms with Crippen LogP contribution in [0.2, 0.25) is 0 Å². The lowest BCUT2D eigenvalue weighted by atomic mass is 10.3. The third-order valence-corrected chi connectivity index (χ3v) is 3.67. The lowest BCUT2D eigenvalue weighted by Gasteiger charge is -2.06. The van der Waals surface area contributed by atoms with Crippen molar-refractivity contribution in [3.05, 3.63) is 51.9 Å². The molecule has 0 bridgehead atoms. The fraction of sp³-hybridized carbons (Fsp3) is 0.333. The SMILES string of the molecule is Fc1cc(Br)cc(OCc2cc(CNC3CC3)co2)c1F. The minimum atomic E-state index is -1.000. The Hall–Kier alpha value is -1.40. The van der Waals surface area contributed by atoms with Crippen molar-refractivity contribution in [2.45, 2.75) is 32.0 Å². The Bertz CT molecular complexity index is 641. The van der Waals surface area contributed by atoms with E-state index < -0.39 is 11.6 Å². The molecule has 21 heavy (non-hydrogen) atoms. The standard InChI is InChI=1S/C15H14BrF2NO2/c16-10-4-13(17)15(18)14(5-10)21-8-12-3-9(7-20-12)6-19-11-1-2-11/h3-5,7,11,19H,1-2,6,8H2. The molecule has 1 aliphatic carbocycles. The maximum atomic E-state index is 13.5. The quantitative estimate of drug-likeness (QED) is 0.788. The van der Waals surface area contributed by atoms with Gasteiger partial charge < -0.3 is 14.5 Å². The Morgan fingerprint density at radius 1 is 1.29 bits per heavy atom. The van der Waals surface area contributed by atoms with Crippen molar-refractivity contribution in [1.82, 2.24) is 5.32 Å². The second-order valence-corrected chi connectivity index (χ2v) is 5.98. The third kappa shape index (κ3) is 3.83. The Morgan fingerprint density at radius 2 is 2.10 bits per heavy atom. The van der Waals surface area contributed by atoms with Crippen LogP contribution in [0.4, 0.5) is 8.78 Å². The number of benzene rings is 1. The second kappa shape index (κ2) is 6.15. The summed E-state index contributed by atoms with van der Waals surface area (Å²) in [4.78, 5) is 0. The van der Waals surface area contributed by atoms with Crippen molar-refractivity contribution in [2.24, 2.45) is 0 Å². The number of hydrogen-bond donors (Lipinski definition) is 1. The van der Waals surface area contributed by atoms with Crippen LogP contribution in [0.1, 0.15) is 24.2 Å². The van der Waals surface area contributed by atoms with Gasteiger partial charge in [0.2, 0.25) is 5.82 Å². The number of furan rings is 1. The van der Waals surface area contributed by atoms with Crippen molar-refractivity contribution in [2.75, 3.05) is 0 Å². The van der Waals surface area contributed by atoms with Crippen LogP contribution in [0.15, 0.2) is 33.4 Å². The summed E-state index contributed by atoms with van der Waals surface area (Å²) in [5.41, 5.74) is 1.02. The first-order valence-corrected chi connectivity index (χ1v) is 7.48. The molecule has 1 aromatic carbocycles. The van der Waals surface area contributed by atoms with Gasteiger partial charge in [-0.2, -0.15) is 4.39 Å². The van der Waals surface area contributed by atoms with Gasteiger partial charge in [-0.3, -0.25) is 0 Å². The Morgan fingerprint density at radius 3 is 2.86 bits per heavy atom. The molecule has 0 spiro atoms. The van der Waals surface area contributed by atoms with Crippen molar-refractivity contribution in [3.63, 3.8) is 0 Å². The summed E-state index contributed by atoms with van der Waals surface area (Å²) < 4.78 is 37.8. The zero-order valence-electron chi connectivity index (χ0n) is 11.2. The highest BCUT2D eigenvalue weighted by Gasteiger charge is 2.20. The molecule has 1 N–H and O–H groups in total. The van der Waals surface area contributed by atoms with E-state index in [-0.39, 0.29) is 12.4 Å². The summed E-state index contributed by atoms with van der Waals surface area (Å²) in [5, 5.41) is 3.37. The molecule has 1 fully saturated rings. The zero-order chi connectivity index (χ0) is 14.8. The van der Waals surface area contributed by atoms with Gasteiger partial charge in [0, 0.05) is 22.6 Å². The molecule has 112 valence electrons. The number of rotatable bonds is 6. The summed E-state index contributed by atoms with van der Waals surface area (Å²) in [6.45, 7) is 0.796. The van der Waals surface area contributed by atoms with Gasteiger partial charge >= 0.3 is 0 Å². The number of halogens is 3. The van der Waals surface area contributed by atoms with Gasteiger partial charge in [-0.25, -0.2) is 4.39 Å². The zero-order valence-corrected chi connectivity index (χ0v) is 12.8. The van der Waals surface area contributed by atoms with E-state index in [1.807, 2.05) is 6.07 Å². The molecule has 1 aromatic heterocycles. The molecule has 0 aliphatic heterocycles. The average molecular weight is 358 g/mol. The summed E-state index contributed by atoms with van der Waals surface area (Å²) in [6.07, 6.45) is 4.09. The first kappa shape index (κ1) is 14.5. The number of nitrogens with one attached hydrogen (secondary N) is 1. The Balaban J connectivity index is 1.59. The maximum absolute atomic E-state index is 13.5. The van der Waals surface area contributed by atoms with Gasteiger partial charge in [-0.05, 0) is 31.0 Å². The van der Waals surface area contributed by atoms with Gasteiger partial charge in [-0.1, -0.05) is 15.9 Å². The molecule has 3 rings (SSSR count). The Kier molecular flexibility index (Phi) is 4.26. The normalized spacial score (nSPS) is 14.4. The van der Waals surface area contributed by atoms with Crippen LogP contribution >= 0.6 is 15.9 Å². The smallest absolute Gasteiger partial charge is 0.200 e. The van der Waals surface area contributed by atoms with E-state index in [1.54, 1.807) is 6.26 Å². The van der Waals surface area contributed by atoms with E-state index in [0.717, 1.165) is 18.2 Å². The van der Waals surface area contributed by atoms with Crippen LogP contribution in [0.3, 0.4) is 0 Å². The van der Waals surface area contributed by atoms with Gasteiger partial charge in [0.25, 0.3) is 0 Å². The molecule has 0 unspecified atom stereocenters. The minimum absolute atomic E-state index is 0.0518. The van der Waals surface area contributed by atoms with Crippen LogP contribution in [0.25, 0.3) is 0 Å². The largest absolute Gasteiger partial charge is 0.482 e. The first-order valence-electron chi connectivity index (χ1n) is 6.69. The molecule has 0 radical (unpaired) electrons. The predicted molar refractivity (Wildman–Crippen MR) is 77.0 cm³/mol. The second-order valence-electron chi connectivity index (χ2n) is 5.06. The maximum Gasteiger partial charge on any atom is 0.200 e. The molecule has 0 atom stereocenters. The van der Waals surface area contributed by atoms with E-state index in [0.29, 0.717) is 16.3 Å². The summed E-state index contributed by atoms with van der Waals surface area (Å²) in [7, 11) is 0. The lowest BCUT2D eigenvalue weighted by molar-refractivity contribution is 0.254. The minimum Gasteiger partial charge on any atom is -0.482 e. The summed E-state index contributed by atoms with van der Waals surface area (Å²) >= 11 is 3.10. The van der Waals surface area contributed by atoms with Gasteiger partial charge in [-0.15, -0.1) is 0 Å². The van der Waals surface area contributed by atoms with Crippen molar-refractivity contribution in [1.29, 1.82) is 0 Å². The number of hydrogen-bond acceptors (Lipinski definition) is 3. The van der Waals surface area contributed by atoms with Crippen molar-refractivity contribution >= 4 is 15.9 Å². The predicted octanol–water partition coefficient (Wildman–Crippen LogP) is 4.15. The van der Waals surface area contributed by atoms with Crippen LogP contribution < -0.4 is 10.1 Å². The highest BCUT2D eigenvalue weighted by atomic mass is 79.9. The summed E-state index contributed by atoms with van der Waals surface area (Å²) in [6, 6.07) is 4.91. The monoisotopic (exact) mass is 357 g/mol. The van der Waals surface area contributed by atoms with E-state index in [9.17, 15) is 8.78 Å². The lowest BCUT2D eigenvalue weighted by Crippen LogP contribution is -2.14. The van der Waals surface area contributed by atoms with Crippen molar-refractivity contribution in [3.8, 4) is 5.75 Å². The van der Waals surface area contributed by atoms with Crippen LogP contribution in [0, 0.1) is 11.6 Å². The fourth-order valence-corrected chi connectivity index (χ4v) is 2.34. The molecule has 6 heteroatoms. The van der Waals surface area contributed by atoms with Crippen LogP contribution in [-0.2, 0) is 13.2 Å². The molecule has 1 saturated carbocycles. The van der Waals surface area contributed by atoms with E-state index in [2.05, 4.69) is 21.2 Å². The molecule has 0 saturated heterocycles. The molecule has 2 aromatic rings. The highest BCUT2D eigenvalue weighted by molar-refractivity contribution is 9.10. The molecular formula is C15H14BrF2NO2. The third-order valence-electron chi connectivity index (χ3n) is 3.21. The van der Waals surface area contributed by atoms with Crippen molar-refractivity contribution < 1.29 is 17.9 Å². The average Bonchev–Trinajstić information content (AvgIpc) is 3.17. The molecule has 3 nitrogen and oxygen atoms in total. The fourth-order valence-electron chi connectivity index (χ4n) is 1.93. The molecule has 0 amide bonds. The van der Waals surface area contributed by atoms with E-state index in [4.69, 9.17) is 9.15 Å². The highest BCUT2D eigenvalue weighted by Crippen LogP contribution is 2.26. The topological polar surface area (TPSA) is 34.4 Å². The van der Waals surface area contributed by atoms with E-state index >= 15 is 0 Å². The van der Waals surface area contributed by atoms with Gasteiger partial charge in [0.1, 0.15) is 12.4 Å². The molecule has 1 heterocycles. The molecular weight excluding hydrogens is 344 g/mol. The van der Waals surface area contributed by atoms with Gasteiger partial charge in [0.05, 0.1) is 6.26 Å². The van der Waals surface area contributed by atoms with Crippen LogP contribution in [-0.4, -0.2) is 6.04 Å². The Labute approximate surface area is 129 Å². The first-order chi connectivity index (χ1) is 10.1. The van der Waals surface area contributed by atoms with Gasteiger partial charge in [0.15, 0.2) is 11.6 Å². The van der Waals surface area contributed by atoms with Crippen LogP contribution in [0.5, 0.6) is 5.75 Å².